The number of aliphatic imine (C=N–C) groups is 1. The Bertz CT molecular complexity index is 397. The van der Waals surface area contributed by atoms with Gasteiger partial charge in [-0.25, -0.2) is 0 Å². The molecule has 0 aromatic heterocycles. The van der Waals surface area contributed by atoms with Crippen LogP contribution in [0.2, 0.25) is 0 Å². The molecular formula is C12H11N. The van der Waals surface area contributed by atoms with Gasteiger partial charge in [-0.05, 0) is 42.4 Å². The first-order valence-corrected chi connectivity index (χ1v) is 4.38. The van der Waals surface area contributed by atoms with E-state index in [4.69, 9.17) is 0 Å². The van der Waals surface area contributed by atoms with Crippen LogP contribution in [0.25, 0.3) is 0 Å². The summed E-state index contributed by atoms with van der Waals surface area (Å²) < 4.78 is 0. The molecule has 2 aliphatic rings. The van der Waals surface area contributed by atoms with E-state index >= 15 is 0 Å². The lowest BCUT2D eigenvalue weighted by Crippen LogP contribution is -1.84. The van der Waals surface area contributed by atoms with Crippen molar-refractivity contribution < 1.29 is 0 Å². The largest absolute Gasteiger partial charge is 0.261 e. The molecule has 1 aliphatic carbocycles. The van der Waals surface area contributed by atoms with Gasteiger partial charge in [-0.1, -0.05) is 6.08 Å². The van der Waals surface area contributed by atoms with Gasteiger partial charge < -0.3 is 0 Å². The smallest absolute Gasteiger partial charge is 0.0453 e. The van der Waals surface area contributed by atoms with Crippen LogP contribution in [0.15, 0.2) is 57.9 Å². The van der Waals surface area contributed by atoms with E-state index in [0.717, 1.165) is 17.7 Å². The molecule has 1 nitrogen and oxygen atoms in total. The Labute approximate surface area is 78.2 Å². The van der Waals surface area contributed by atoms with Crippen molar-refractivity contribution in [2.75, 3.05) is 0 Å². The second-order valence-corrected chi connectivity index (χ2v) is 3.19. The molecule has 0 atom stereocenters. The number of hydrogen-bond acceptors (Lipinski definition) is 1. The second kappa shape index (κ2) is 3.42. The number of rotatable bonds is 0. The van der Waals surface area contributed by atoms with E-state index in [1.165, 1.54) is 5.57 Å². The van der Waals surface area contributed by atoms with Gasteiger partial charge in [0.15, 0.2) is 0 Å². The van der Waals surface area contributed by atoms with Crippen molar-refractivity contribution in [2.24, 2.45) is 4.99 Å². The molecule has 64 valence electrons. The Balaban J connectivity index is 2.52. The molecule has 13 heavy (non-hydrogen) atoms. The van der Waals surface area contributed by atoms with Gasteiger partial charge in [-0.2, -0.15) is 0 Å². The van der Waals surface area contributed by atoms with Crippen LogP contribution in [0.3, 0.4) is 0 Å². The van der Waals surface area contributed by atoms with Gasteiger partial charge in [0.05, 0.1) is 0 Å². The van der Waals surface area contributed by atoms with Gasteiger partial charge in [0.2, 0.25) is 0 Å². The maximum Gasteiger partial charge on any atom is 0.0453 e. The maximum absolute atomic E-state index is 4.30. The highest BCUT2D eigenvalue weighted by molar-refractivity contribution is 5.74. The van der Waals surface area contributed by atoms with Crippen LogP contribution in [0.1, 0.15) is 13.3 Å². The molecule has 0 saturated carbocycles. The second-order valence-electron chi connectivity index (χ2n) is 3.19. The average molecular weight is 169 g/mol. The van der Waals surface area contributed by atoms with Crippen molar-refractivity contribution in [2.45, 2.75) is 13.3 Å². The molecule has 0 aromatic rings. The Morgan fingerprint density at radius 1 is 1.46 bits per heavy atom. The standard InChI is InChI=1S/C12H11N/c1-10-4-2-6-12-9-11(8-10)5-3-7-13-12/h2-3,5-8H,9H2,1H3. The Kier molecular flexibility index (Phi) is 2.11. The highest BCUT2D eigenvalue weighted by Gasteiger charge is 2.01. The normalized spacial score (nSPS) is 19.6. The van der Waals surface area contributed by atoms with Crippen molar-refractivity contribution in [1.82, 2.24) is 0 Å². The van der Waals surface area contributed by atoms with E-state index in [2.05, 4.69) is 29.8 Å². The lowest BCUT2D eigenvalue weighted by atomic mass is 10.1. The van der Waals surface area contributed by atoms with E-state index in [0.29, 0.717) is 0 Å². The summed E-state index contributed by atoms with van der Waals surface area (Å²) in [5.41, 5.74) is 6.72. The molecule has 0 spiro atoms. The molecule has 1 heterocycles. The summed E-state index contributed by atoms with van der Waals surface area (Å²) in [6, 6.07) is 0. The summed E-state index contributed by atoms with van der Waals surface area (Å²) in [5, 5.41) is 0. The summed E-state index contributed by atoms with van der Waals surface area (Å²) in [5.74, 6) is 0. The van der Waals surface area contributed by atoms with Gasteiger partial charge in [0.25, 0.3) is 0 Å². The molecule has 0 fully saturated rings. The molecule has 1 heteroatoms. The van der Waals surface area contributed by atoms with Crippen LogP contribution >= 0.6 is 0 Å². The fourth-order valence-corrected chi connectivity index (χ4v) is 1.41. The molecular weight excluding hydrogens is 158 g/mol. The number of fused-ring (bicyclic) bond motifs is 2. The molecule has 1 aliphatic heterocycles. The third kappa shape index (κ3) is 1.95. The summed E-state index contributed by atoms with van der Waals surface area (Å²) in [4.78, 5) is 4.30. The minimum atomic E-state index is 0.919. The highest BCUT2D eigenvalue weighted by Crippen LogP contribution is 2.19. The van der Waals surface area contributed by atoms with E-state index in [9.17, 15) is 0 Å². The lowest BCUT2D eigenvalue weighted by Gasteiger charge is -2.02. The Hall–Kier alpha value is -1.59. The predicted octanol–water partition coefficient (Wildman–Crippen LogP) is 2.94. The van der Waals surface area contributed by atoms with Crippen LogP contribution in [0, 0.1) is 0 Å². The summed E-state index contributed by atoms with van der Waals surface area (Å²) in [7, 11) is 0. The number of hydrogen-bond donors (Lipinski definition) is 0. The summed E-state index contributed by atoms with van der Waals surface area (Å²) in [6.07, 6.45) is 12.9. The maximum atomic E-state index is 4.30. The molecule has 0 aromatic carbocycles. The molecule has 2 bridgehead atoms. The van der Waals surface area contributed by atoms with Gasteiger partial charge in [0, 0.05) is 18.3 Å². The Morgan fingerprint density at radius 3 is 3.31 bits per heavy atom. The molecule has 0 saturated heterocycles. The van der Waals surface area contributed by atoms with E-state index in [1.807, 2.05) is 24.4 Å². The number of nitrogens with zero attached hydrogens (tertiary/aromatic N) is 1. The van der Waals surface area contributed by atoms with Crippen molar-refractivity contribution in [1.29, 1.82) is 0 Å². The molecule has 0 radical (unpaired) electrons. The molecule has 0 N–H and O–H groups in total. The van der Waals surface area contributed by atoms with Crippen LogP contribution in [-0.2, 0) is 0 Å². The van der Waals surface area contributed by atoms with Gasteiger partial charge in [-0.15, -0.1) is 5.73 Å². The van der Waals surface area contributed by atoms with Crippen LogP contribution in [0.4, 0.5) is 0 Å². The van der Waals surface area contributed by atoms with Crippen molar-refractivity contribution >= 4 is 6.21 Å². The lowest BCUT2D eigenvalue weighted by molar-refractivity contribution is 1.12. The van der Waals surface area contributed by atoms with Gasteiger partial charge >= 0.3 is 0 Å². The van der Waals surface area contributed by atoms with E-state index in [-0.39, 0.29) is 0 Å². The van der Waals surface area contributed by atoms with Crippen LogP contribution in [0.5, 0.6) is 0 Å². The average Bonchev–Trinajstić information content (AvgIpc) is 2.28. The van der Waals surface area contributed by atoms with Crippen molar-refractivity contribution in [3.8, 4) is 0 Å². The van der Waals surface area contributed by atoms with E-state index < -0.39 is 0 Å². The summed E-state index contributed by atoms with van der Waals surface area (Å²) in [6.45, 7) is 2.06. The first kappa shape index (κ1) is 8.03. The fraction of sp³-hybridized carbons (Fsp3) is 0.167. The topological polar surface area (TPSA) is 12.4 Å². The minimum Gasteiger partial charge on any atom is -0.261 e. The molecule has 2 rings (SSSR count). The predicted molar refractivity (Wildman–Crippen MR) is 55.7 cm³/mol. The van der Waals surface area contributed by atoms with Crippen LogP contribution in [-0.4, -0.2) is 6.21 Å². The highest BCUT2D eigenvalue weighted by atomic mass is 14.7. The number of allylic oxidation sites excluding steroid dienone is 6. The Morgan fingerprint density at radius 2 is 2.38 bits per heavy atom. The SMILES string of the molecule is CC1=C=CC=C2CC(=C1)C=CC=N2. The van der Waals surface area contributed by atoms with Crippen molar-refractivity contribution in [3.63, 3.8) is 0 Å². The zero-order valence-corrected chi connectivity index (χ0v) is 7.62. The third-order valence-electron chi connectivity index (χ3n) is 2.01. The zero-order chi connectivity index (χ0) is 9.10. The fourth-order valence-electron chi connectivity index (χ4n) is 1.41. The van der Waals surface area contributed by atoms with E-state index in [1.54, 1.807) is 0 Å². The third-order valence-corrected chi connectivity index (χ3v) is 2.01. The van der Waals surface area contributed by atoms with Crippen LogP contribution < -0.4 is 0 Å². The quantitative estimate of drug-likeness (QED) is 0.494. The summed E-state index contributed by atoms with van der Waals surface area (Å²) >= 11 is 0. The molecule has 0 amide bonds. The molecule has 0 unspecified atom stereocenters. The van der Waals surface area contributed by atoms with Gasteiger partial charge in [0.1, 0.15) is 0 Å². The first-order valence-electron chi connectivity index (χ1n) is 4.38. The monoisotopic (exact) mass is 169 g/mol. The van der Waals surface area contributed by atoms with Gasteiger partial charge in [-0.3, -0.25) is 4.99 Å². The zero-order valence-electron chi connectivity index (χ0n) is 7.62. The van der Waals surface area contributed by atoms with Crippen molar-refractivity contribution in [3.05, 3.63) is 53.0 Å². The first-order chi connectivity index (χ1) is 6.34. The minimum absolute atomic E-state index is 0.919.